The third kappa shape index (κ3) is 6.26. The number of benzene rings is 2. The maximum atomic E-state index is 8.77. The van der Waals surface area contributed by atoms with Gasteiger partial charge in [-0.25, -0.2) is 0 Å². The number of nitriles is 1. The Morgan fingerprint density at radius 3 is 2.62 bits per heavy atom. The van der Waals surface area contributed by atoms with Gasteiger partial charge in [-0.15, -0.1) is 0 Å². The predicted molar refractivity (Wildman–Crippen MR) is 108 cm³/mol. The van der Waals surface area contributed by atoms with Gasteiger partial charge in [0.25, 0.3) is 0 Å². The molecule has 2 aromatic carbocycles. The second-order valence-electron chi connectivity index (χ2n) is 5.97. The highest BCUT2D eigenvalue weighted by Crippen LogP contribution is 2.15. The van der Waals surface area contributed by atoms with E-state index in [1.807, 2.05) is 30.3 Å². The van der Waals surface area contributed by atoms with Crippen LogP contribution >= 0.6 is 0 Å². The Bertz CT molecular complexity index is 983. The molecule has 0 atom stereocenters. The SMILES string of the molecule is N#Cc1ccc(OCCON=C(N)c2cccc(OCc3cccnc3)c2)cc1. The first-order chi connectivity index (χ1) is 14.2. The molecule has 0 aliphatic heterocycles. The van der Waals surface area contributed by atoms with Gasteiger partial charge in [-0.1, -0.05) is 23.4 Å². The van der Waals surface area contributed by atoms with E-state index in [2.05, 4.69) is 16.2 Å². The molecule has 7 nitrogen and oxygen atoms in total. The minimum absolute atomic E-state index is 0.234. The molecule has 3 rings (SSSR count). The minimum atomic E-state index is 0.234. The van der Waals surface area contributed by atoms with E-state index < -0.39 is 0 Å². The van der Waals surface area contributed by atoms with Crippen LogP contribution in [0.5, 0.6) is 11.5 Å². The summed E-state index contributed by atoms with van der Waals surface area (Å²) in [6, 6.07) is 20.0. The number of hydrogen-bond donors (Lipinski definition) is 1. The van der Waals surface area contributed by atoms with Crippen molar-refractivity contribution < 1.29 is 14.3 Å². The average Bonchev–Trinajstić information content (AvgIpc) is 2.78. The maximum Gasteiger partial charge on any atom is 0.170 e. The molecule has 0 saturated heterocycles. The van der Waals surface area contributed by atoms with Gasteiger partial charge in [-0.2, -0.15) is 5.26 Å². The zero-order valence-electron chi connectivity index (χ0n) is 15.7. The van der Waals surface area contributed by atoms with Crippen molar-refractivity contribution in [2.45, 2.75) is 6.61 Å². The summed E-state index contributed by atoms with van der Waals surface area (Å²) in [5.41, 5.74) is 8.24. The normalized spacial score (nSPS) is 10.8. The van der Waals surface area contributed by atoms with Crippen molar-refractivity contribution in [1.29, 1.82) is 5.26 Å². The molecule has 0 fully saturated rings. The zero-order chi connectivity index (χ0) is 20.3. The van der Waals surface area contributed by atoms with Crippen LogP contribution in [0.4, 0.5) is 0 Å². The molecule has 29 heavy (non-hydrogen) atoms. The van der Waals surface area contributed by atoms with Gasteiger partial charge >= 0.3 is 0 Å². The summed E-state index contributed by atoms with van der Waals surface area (Å²) in [6.45, 7) is 0.951. The Labute approximate surface area is 169 Å². The summed E-state index contributed by atoms with van der Waals surface area (Å²) in [7, 11) is 0. The van der Waals surface area contributed by atoms with Crippen LogP contribution in [0, 0.1) is 11.3 Å². The van der Waals surface area contributed by atoms with Gasteiger partial charge in [0.1, 0.15) is 24.7 Å². The van der Waals surface area contributed by atoms with E-state index in [-0.39, 0.29) is 12.4 Å². The standard InChI is InChI=1S/C22H20N4O3/c23-14-17-6-8-20(9-7-17)27-11-12-29-26-22(24)19-4-1-5-21(13-19)28-16-18-3-2-10-25-15-18/h1-10,13,15H,11-12,16H2,(H2,24,26). The number of ether oxygens (including phenoxy) is 2. The lowest BCUT2D eigenvalue weighted by Gasteiger charge is -2.08. The van der Waals surface area contributed by atoms with Gasteiger partial charge in [-0.05, 0) is 42.5 Å². The Balaban J connectivity index is 1.45. The van der Waals surface area contributed by atoms with Crippen molar-refractivity contribution in [1.82, 2.24) is 4.98 Å². The zero-order valence-corrected chi connectivity index (χ0v) is 15.7. The first-order valence-corrected chi connectivity index (χ1v) is 8.95. The molecule has 3 aromatic rings. The fourth-order valence-electron chi connectivity index (χ4n) is 2.39. The van der Waals surface area contributed by atoms with Crippen molar-refractivity contribution in [2.24, 2.45) is 10.9 Å². The Hall–Kier alpha value is -4.05. The summed E-state index contributed by atoms with van der Waals surface area (Å²) in [4.78, 5) is 9.28. The van der Waals surface area contributed by atoms with E-state index in [1.165, 1.54) is 0 Å². The molecule has 0 saturated carbocycles. The quantitative estimate of drug-likeness (QED) is 0.261. The summed E-state index contributed by atoms with van der Waals surface area (Å²) in [5, 5.41) is 12.7. The third-order valence-corrected chi connectivity index (χ3v) is 3.85. The second kappa shape index (κ2) is 10.3. The van der Waals surface area contributed by atoms with Gasteiger partial charge < -0.3 is 20.0 Å². The molecule has 0 unspecified atom stereocenters. The number of hydrogen-bond acceptors (Lipinski definition) is 6. The average molecular weight is 388 g/mol. The first kappa shape index (κ1) is 19.7. The molecule has 7 heteroatoms. The van der Waals surface area contributed by atoms with E-state index in [1.54, 1.807) is 42.7 Å². The number of aromatic nitrogens is 1. The number of amidine groups is 1. The lowest BCUT2D eigenvalue weighted by Crippen LogP contribution is -2.15. The first-order valence-electron chi connectivity index (χ1n) is 8.95. The highest BCUT2D eigenvalue weighted by molar-refractivity contribution is 5.97. The fraction of sp³-hybridized carbons (Fsp3) is 0.136. The Kier molecular flexibility index (Phi) is 7.02. The third-order valence-electron chi connectivity index (χ3n) is 3.85. The highest BCUT2D eigenvalue weighted by Gasteiger charge is 2.03. The maximum absolute atomic E-state index is 8.77. The van der Waals surface area contributed by atoms with Crippen LogP contribution in [0.25, 0.3) is 0 Å². The van der Waals surface area contributed by atoms with Crippen molar-refractivity contribution in [3.8, 4) is 17.6 Å². The van der Waals surface area contributed by atoms with Gasteiger partial charge in [-0.3, -0.25) is 4.98 Å². The van der Waals surface area contributed by atoms with Crippen molar-refractivity contribution in [3.63, 3.8) is 0 Å². The molecule has 0 radical (unpaired) electrons. The number of nitrogens with two attached hydrogens (primary N) is 1. The topological polar surface area (TPSA) is 103 Å². The fourth-order valence-corrected chi connectivity index (χ4v) is 2.39. The molecule has 2 N–H and O–H groups in total. The van der Waals surface area contributed by atoms with E-state index in [4.69, 9.17) is 25.3 Å². The van der Waals surface area contributed by atoms with Crippen LogP contribution in [-0.4, -0.2) is 24.0 Å². The number of rotatable bonds is 9. The molecular weight excluding hydrogens is 368 g/mol. The van der Waals surface area contributed by atoms with Crippen LogP contribution in [0.1, 0.15) is 16.7 Å². The van der Waals surface area contributed by atoms with Gasteiger partial charge in [0.2, 0.25) is 0 Å². The number of nitrogens with zero attached hydrogens (tertiary/aromatic N) is 3. The summed E-state index contributed by atoms with van der Waals surface area (Å²) < 4.78 is 11.3. The van der Waals surface area contributed by atoms with Crippen LogP contribution in [0.3, 0.4) is 0 Å². The summed E-state index contributed by atoms with van der Waals surface area (Å²) in [6.07, 6.45) is 3.48. The van der Waals surface area contributed by atoms with Crippen LogP contribution in [0.2, 0.25) is 0 Å². The molecule has 1 heterocycles. The van der Waals surface area contributed by atoms with Crippen LogP contribution in [0.15, 0.2) is 78.2 Å². The summed E-state index contributed by atoms with van der Waals surface area (Å²) >= 11 is 0. The van der Waals surface area contributed by atoms with E-state index in [0.29, 0.717) is 35.8 Å². The molecule has 0 aliphatic rings. The lowest BCUT2D eigenvalue weighted by atomic mass is 10.2. The van der Waals surface area contributed by atoms with Crippen molar-refractivity contribution in [2.75, 3.05) is 13.2 Å². The van der Waals surface area contributed by atoms with Crippen molar-refractivity contribution >= 4 is 5.84 Å². The molecule has 0 aliphatic carbocycles. The van der Waals surface area contributed by atoms with Gasteiger partial charge in [0, 0.05) is 23.5 Å². The largest absolute Gasteiger partial charge is 0.490 e. The van der Waals surface area contributed by atoms with Crippen LogP contribution in [-0.2, 0) is 11.4 Å². The molecule has 0 spiro atoms. The summed E-state index contributed by atoms with van der Waals surface area (Å²) in [5.74, 6) is 1.58. The smallest absolute Gasteiger partial charge is 0.170 e. The number of oxime groups is 1. The Morgan fingerprint density at radius 1 is 1.00 bits per heavy atom. The van der Waals surface area contributed by atoms with E-state index in [9.17, 15) is 0 Å². The van der Waals surface area contributed by atoms with Gasteiger partial charge in [0.05, 0.1) is 11.6 Å². The van der Waals surface area contributed by atoms with E-state index >= 15 is 0 Å². The molecular formula is C22H20N4O3. The van der Waals surface area contributed by atoms with Crippen molar-refractivity contribution in [3.05, 3.63) is 89.7 Å². The monoisotopic (exact) mass is 388 g/mol. The highest BCUT2D eigenvalue weighted by atomic mass is 16.6. The Morgan fingerprint density at radius 2 is 1.86 bits per heavy atom. The van der Waals surface area contributed by atoms with Crippen LogP contribution < -0.4 is 15.2 Å². The molecule has 0 bridgehead atoms. The molecule has 1 aromatic heterocycles. The lowest BCUT2D eigenvalue weighted by molar-refractivity contribution is 0.107. The minimum Gasteiger partial charge on any atom is -0.490 e. The number of pyridine rings is 1. The van der Waals surface area contributed by atoms with E-state index in [0.717, 1.165) is 5.56 Å². The molecule has 146 valence electrons. The van der Waals surface area contributed by atoms with Gasteiger partial charge in [0.15, 0.2) is 12.4 Å². The second-order valence-corrected chi connectivity index (χ2v) is 5.97. The predicted octanol–water partition coefficient (Wildman–Crippen LogP) is 3.25. The molecule has 0 amide bonds.